The van der Waals surface area contributed by atoms with Crippen molar-refractivity contribution in [3.63, 3.8) is 0 Å². The smallest absolute Gasteiger partial charge is 0.272 e. The number of hydrogen-bond donors (Lipinski definition) is 1. The highest BCUT2D eigenvalue weighted by atomic mass is 16.1. The van der Waals surface area contributed by atoms with Crippen LogP contribution >= 0.6 is 0 Å². The third-order valence-electron chi connectivity index (χ3n) is 7.46. The Labute approximate surface area is 244 Å². The van der Waals surface area contributed by atoms with Crippen molar-refractivity contribution in [3.8, 4) is 5.82 Å². The third-order valence-corrected chi connectivity index (χ3v) is 7.46. The second kappa shape index (κ2) is 12.0. The summed E-state index contributed by atoms with van der Waals surface area (Å²) in [6.45, 7) is 17.3. The summed E-state index contributed by atoms with van der Waals surface area (Å²) in [5, 5.41) is 9.98. The van der Waals surface area contributed by atoms with Crippen molar-refractivity contribution in [2.24, 2.45) is 9.98 Å². The van der Waals surface area contributed by atoms with Gasteiger partial charge in [0.1, 0.15) is 0 Å². The zero-order chi connectivity index (χ0) is 30.0. The lowest BCUT2D eigenvalue weighted by Crippen LogP contribution is -2.44. The maximum Gasteiger partial charge on any atom is 0.272 e. The van der Waals surface area contributed by atoms with Crippen molar-refractivity contribution in [1.82, 2.24) is 24.0 Å². The van der Waals surface area contributed by atoms with Gasteiger partial charge in [-0.3, -0.25) is 9.59 Å². The minimum absolute atomic E-state index is 0.168. The number of nitrogens with one attached hydrogen (secondary N) is 1. The van der Waals surface area contributed by atoms with Gasteiger partial charge in [-0.2, -0.15) is 4.99 Å². The molecule has 1 aliphatic heterocycles. The van der Waals surface area contributed by atoms with Gasteiger partial charge in [0.25, 0.3) is 11.1 Å². The summed E-state index contributed by atoms with van der Waals surface area (Å²) in [6, 6.07) is 15.4. The van der Waals surface area contributed by atoms with Gasteiger partial charge < -0.3 is 15.1 Å². The Morgan fingerprint density at radius 2 is 1.76 bits per heavy atom. The normalized spacial score (nSPS) is 14.5. The fraction of sp³-hybridized carbons (Fsp3) is 0.323. The van der Waals surface area contributed by atoms with Crippen LogP contribution in [0.5, 0.6) is 0 Å². The molecule has 1 fully saturated rings. The summed E-state index contributed by atoms with van der Waals surface area (Å²) in [4.78, 5) is 39.2. The molecule has 0 amide bonds. The lowest BCUT2D eigenvalue weighted by molar-refractivity contribution is 0.313. The van der Waals surface area contributed by atoms with Crippen molar-refractivity contribution in [3.05, 3.63) is 87.5 Å². The molecule has 218 valence electrons. The Balaban J connectivity index is 1.50. The minimum atomic E-state index is -0.247. The maximum atomic E-state index is 13.2. The van der Waals surface area contributed by atoms with Gasteiger partial charge in [-0.1, -0.05) is 18.2 Å². The van der Waals surface area contributed by atoms with Crippen molar-refractivity contribution in [2.75, 3.05) is 43.4 Å². The first-order valence-corrected chi connectivity index (χ1v) is 14.0. The molecule has 1 aliphatic rings. The van der Waals surface area contributed by atoms with E-state index >= 15 is 0 Å². The summed E-state index contributed by atoms with van der Waals surface area (Å²) >= 11 is 0. The molecule has 0 bridgehead atoms. The summed E-state index contributed by atoms with van der Waals surface area (Å²) in [6.07, 6.45) is 1.62. The molecule has 2 aromatic heterocycles. The number of hydrogen-bond acceptors (Lipinski definition) is 6. The first-order valence-electron chi connectivity index (χ1n) is 14.0. The molecule has 0 spiro atoms. The van der Waals surface area contributed by atoms with Gasteiger partial charge in [-0.05, 0) is 75.6 Å². The van der Waals surface area contributed by atoms with Crippen molar-refractivity contribution < 1.29 is 0 Å². The fourth-order valence-electron chi connectivity index (χ4n) is 5.11. The van der Waals surface area contributed by atoms with Crippen molar-refractivity contribution >= 4 is 40.6 Å². The lowest BCUT2D eigenvalue weighted by atomic mass is 10.1. The molecule has 0 aliphatic carbocycles. The Morgan fingerprint density at radius 3 is 2.45 bits per heavy atom. The average molecular weight is 568 g/mol. The zero-order valence-corrected chi connectivity index (χ0v) is 24.6. The average Bonchev–Trinajstić information content (AvgIpc) is 3.21. The molecule has 42 heavy (non-hydrogen) atoms. The van der Waals surface area contributed by atoms with Crippen LogP contribution in [0, 0.1) is 6.92 Å². The van der Waals surface area contributed by atoms with Gasteiger partial charge in [0.05, 0.1) is 18.2 Å². The van der Waals surface area contributed by atoms with Crippen LogP contribution in [0.15, 0.2) is 80.8 Å². The predicted octanol–water partition coefficient (Wildman–Crippen LogP) is 3.98. The molecule has 0 unspecified atom stereocenters. The van der Waals surface area contributed by atoms with Gasteiger partial charge in [-0.25, -0.2) is 19.0 Å². The first-order chi connectivity index (χ1) is 20.2. The second-order valence-electron chi connectivity index (χ2n) is 10.8. The number of aliphatic imine (C=N–C) groups is 2. The maximum absolute atomic E-state index is 13.2. The van der Waals surface area contributed by atoms with E-state index in [1.807, 2.05) is 26.0 Å². The lowest BCUT2D eigenvalue weighted by Gasteiger charge is -2.34. The van der Waals surface area contributed by atoms with E-state index in [1.165, 1.54) is 21.1 Å². The molecular weight excluding hydrogens is 530 g/mol. The number of aromatic nitrogens is 4. The predicted molar refractivity (Wildman–Crippen MR) is 171 cm³/mol. The Kier molecular flexibility index (Phi) is 8.21. The van der Waals surface area contributed by atoms with Crippen LogP contribution in [0.25, 0.3) is 16.6 Å². The van der Waals surface area contributed by atoms with Gasteiger partial charge in [-0.15, -0.1) is 11.7 Å². The van der Waals surface area contributed by atoms with Crippen molar-refractivity contribution in [1.29, 1.82) is 0 Å². The molecule has 11 nitrogen and oxygen atoms in total. The monoisotopic (exact) mass is 567 g/mol. The highest BCUT2D eigenvalue weighted by Crippen LogP contribution is 2.27. The van der Waals surface area contributed by atoms with Gasteiger partial charge in [0.2, 0.25) is 5.96 Å². The molecule has 0 saturated carbocycles. The highest BCUT2D eigenvalue weighted by Gasteiger charge is 2.20. The molecule has 0 radical (unpaired) electrons. The second-order valence-corrected chi connectivity index (χ2v) is 10.8. The van der Waals surface area contributed by atoms with Crippen LogP contribution in [-0.2, 0) is 6.54 Å². The number of guanidine groups is 1. The quantitative estimate of drug-likeness (QED) is 0.206. The van der Waals surface area contributed by atoms with Crippen LogP contribution in [-0.4, -0.2) is 69.9 Å². The van der Waals surface area contributed by atoms with E-state index in [0.717, 1.165) is 42.6 Å². The molecule has 11 heteroatoms. The Hall–Kier alpha value is -4.77. The van der Waals surface area contributed by atoms with Crippen LogP contribution in [0.4, 0.5) is 17.2 Å². The van der Waals surface area contributed by atoms with Gasteiger partial charge >= 0.3 is 0 Å². The molecular formula is C31H37N9O2. The summed E-state index contributed by atoms with van der Waals surface area (Å²) in [5.41, 5.74) is 1.93. The van der Waals surface area contributed by atoms with E-state index < -0.39 is 0 Å². The SMILES string of the molecule is C=CCn1c(=O)c(C)c(/N=C(\N=C)Nc2ccc3cc(N4CCN(C)CC4)ccc3c2)n1-c1ccc(=O)n(C(C)C)n1. The summed E-state index contributed by atoms with van der Waals surface area (Å²) in [5.74, 6) is 0.920. The van der Waals surface area contributed by atoms with E-state index in [2.05, 4.69) is 69.8 Å². The molecule has 0 atom stereocenters. The molecule has 4 aromatic rings. The molecule has 1 saturated heterocycles. The Bertz CT molecular complexity index is 1790. The number of benzene rings is 2. The summed E-state index contributed by atoms with van der Waals surface area (Å²) < 4.78 is 4.44. The van der Waals surface area contributed by atoms with E-state index in [4.69, 9.17) is 4.99 Å². The number of rotatable bonds is 7. The third kappa shape index (κ3) is 5.68. The minimum Gasteiger partial charge on any atom is -0.369 e. The highest BCUT2D eigenvalue weighted by molar-refractivity contribution is 6.00. The van der Waals surface area contributed by atoms with Crippen LogP contribution in [0.2, 0.25) is 0 Å². The topological polar surface area (TPSA) is 105 Å². The Morgan fingerprint density at radius 1 is 1.05 bits per heavy atom. The van der Waals surface area contributed by atoms with Crippen LogP contribution in [0.1, 0.15) is 25.5 Å². The van der Waals surface area contributed by atoms with E-state index in [-0.39, 0.29) is 29.7 Å². The number of nitrogens with zero attached hydrogens (tertiary/aromatic N) is 8. The van der Waals surface area contributed by atoms with Crippen molar-refractivity contribution in [2.45, 2.75) is 33.4 Å². The number of piperazine rings is 1. The van der Waals surface area contributed by atoms with E-state index in [9.17, 15) is 9.59 Å². The van der Waals surface area contributed by atoms with E-state index in [0.29, 0.717) is 17.2 Å². The van der Waals surface area contributed by atoms with E-state index in [1.54, 1.807) is 23.7 Å². The molecule has 2 aromatic carbocycles. The van der Waals surface area contributed by atoms with Crippen LogP contribution < -0.4 is 21.3 Å². The first kappa shape index (κ1) is 28.7. The largest absolute Gasteiger partial charge is 0.369 e. The number of allylic oxidation sites excluding steroid dienone is 1. The van der Waals surface area contributed by atoms with Gasteiger partial charge in [0, 0.05) is 43.6 Å². The summed E-state index contributed by atoms with van der Waals surface area (Å²) in [7, 11) is 2.16. The fourth-order valence-corrected chi connectivity index (χ4v) is 5.11. The zero-order valence-electron chi connectivity index (χ0n) is 24.6. The number of likely N-dealkylation sites (N-methyl/N-ethyl adjacent to an activating group) is 1. The molecule has 1 N–H and O–H groups in total. The molecule has 5 rings (SSSR count). The molecule has 3 heterocycles. The van der Waals surface area contributed by atoms with Gasteiger partial charge in [0.15, 0.2) is 11.6 Å². The standard InChI is InChI=1S/C31H37N9O2/c1-7-14-38-30(42)22(4)29(40(38)27-12-13-28(41)39(35-27)21(2)3)34-31(32-5)33-25-10-8-24-20-26(11-9-23(24)19-25)37-17-15-36(6)16-18-37/h7-13,19-21H,1,5,14-18H2,2-4,6H3,(H,33,34). The number of anilines is 2. The van der Waals surface area contributed by atoms with Crippen LogP contribution in [0.3, 0.4) is 0 Å². The number of fused-ring (bicyclic) bond motifs is 1.